The third-order valence-electron chi connectivity index (χ3n) is 3.89. The minimum absolute atomic E-state index is 0.0663. The number of hydrogen-bond acceptors (Lipinski definition) is 7. The number of esters is 2. The molecule has 0 aliphatic rings. The molecule has 0 saturated carbocycles. The van der Waals surface area contributed by atoms with Gasteiger partial charge in [0, 0.05) is 5.69 Å². The number of benzene rings is 1. The van der Waals surface area contributed by atoms with Crippen LogP contribution in [-0.4, -0.2) is 43.5 Å². The van der Waals surface area contributed by atoms with Gasteiger partial charge in [0.05, 0.1) is 18.9 Å². The Morgan fingerprint density at radius 2 is 1.76 bits per heavy atom. The fraction of sp³-hybridized carbons (Fsp3) is 0.300. The molecule has 154 valence electrons. The molecule has 0 aliphatic carbocycles. The van der Waals surface area contributed by atoms with E-state index in [1.807, 2.05) is 0 Å². The molecule has 29 heavy (non-hydrogen) atoms. The van der Waals surface area contributed by atoms with Crippen molar-refractivity contribution in [2.45, 2.75) is 19.9 Å². The van der Waals surface area contributed by atoms with Crippen molar-refractivity contribution in [3.05, 3.63) is 54.0 Å². The molecule has 0 radical (unpaired) electrons. The standard InChI is InChI=1S/C20H22N2O7/c1-12(2)17(22-18(24)15-5-4-10-28-15)20(26)29-11-16(23)21-14-8-6-13(7-9-14)19(25)27-3/h4-10,12,17H,11H2,1-3H3,(H,21,23)(H,22,24)/t17-/m0/s1. The van der Waals surface area contributed by atoms with Crippen LogP contribution >= 0.6 is 0 Å². The number of methoxy groups -OCH3 is 1. The van der Waals surface area contributed by atoms with Gasteiger partial charge in [-0.25, -0.2) is 9.59 Å². The van der Waals surface area contributed by atoms with Crippen molar-refractivity contribution >= 4 is 29.4 Å². The Balaban J connectivity index is 1.87. The van der Waals surface area contributed by atoms with Crippen LogP contribution in [0.3, 0.4) is 0 Å². The van der Waals surface area contributed by atoms with Crippen molar-refractivity contribution in [1.29, 1.82) is 0 Å². The molecule has 2 rings (SSSR count). The van der Waals surface area contributed by atoms with Crippen LogP contribution in [0.4, 0.5) is 5.69 Å². The summed E-state index contributed by atoms with van der Waals surface area (Å²) in [4.78, 5) is 47.8. The fourth-order valence-corrected chi connectivity index (χ4v) is 2.35. The topological polar surface area (TPSA) is 124 Å². The number of hydrogen-bond donors (Lipinski definition) is 2. The molecular weight excluding hydrogens is 380 g/mol. The highest BCUT2D eigenvalue weighted by Crippen LogP contribution is 2.11. The Kier molecular flexibility index (Phi) is 7.53. The number of furan rings is 1. The molecule has 0 saturated heterocycles. The first kappa shape index (κ1) is 21.7. The summed E-state index contributed by atoms with van der Waals surface area (Å²) in [5.74, 6) is -2.55. The van der Waals surface area contributed by atoms with Crippen LogP contribution in [0.1, 0.15) is 34.8 Å². The molecule has 0 unspecified atom stereocenters. The van der Waals surface area contributed by atoms with E-state index in [4.69, 9.17) is 9.15 Å². The third-order valence-corrected chi connectivity index (χ3v) is 3.89. The molecule has 0 bridgehead atoms. The fourth-order valence-electron chi connectivity index (χ4n) is 2.35. The van der Waals surface area contributed by atoms with Crippen LogP contribution in [0.15, 0.2) is 47.1 Å². The van der Waals surface area contributed by atoms with E-state index in [2.05, 4.69) is 15.4 Å². The molecule has 0 fully saturated rings. The zero-order valence-electron chi connectivity index (χ0n) is 16.3. The van der Waals surface area contributed by atoms with Crippen molar-refractivity contribution in [3.8, 4) is 0 Å². The van der Waals surface area contributed by atoms with Gasteiger partial charge in [-0.05, 0) is 42.3 Å². The lowest BCUT2D eigenvalue weighted by Gasteiger charge is -2.20. The molecule has 1 heterocycles. The number of amides is 2. The molecule has 0 spiro atoms. The number of nitrogens with one attached hydrogen (secondary N) is 2. The second-order valence-corrected chi connectivity index (χ2v) is 6.40. The van der Waals surface area contributed by atoms with Crippen LogP contribution in [-0.2, 0) is 19.1 Å². The van der Waals surface area contributed by atoms with E-state index in [1.54, 1.807) is 19.9 Å². The lowest BCUT2D eigenvalue weighted by Crippen LogP contribution is -2.45. The third kappa shape index (κ3) is 6.20. The quantitative estimate of drug-likeness (QED) is 0.647. The van der Waals surface area contributed by atoms with E-state index in [1.165, 1.54) is 43.7 Å². The summed E-state index contributed by atoms with van der Waals surface area (Å²) in [5.41, 5.74) is 0.759. The Bertz CT molecular complexity index is 857. The summed E-state index contributed by atoms with van der Waals surface area (Å²) in [6.07, 6.45) is 1.35. The minimum Gasteiger partial charge on any atom is -0.465 e. The molecule has 9 nitrogen and oxygen atoms in total. The monoisotopic (exact) mass is 402 g/mol. The molecular formula is C20H22N2O7. The first-order valence-corrected chi connectivity index (χ1v) is 8.81. The lowest BCUT2D eigenvalue weighted by atomic mass is 10.0. The van der Waals surface area contributed by atoms with Gasteiger partial charge in [0.1, 0.15) is 6.04 Å². The van der Waals surface area contributed by atoms with Crippen molar-refractivity contribution in [2.75, 3.05) is 19.0 Å². The second-order valence-electron chi connectivity index (χ2n) is 6.40. The van der Waals surface area contributed by atoms with Gasteiger partial charge in [0.25, 0.3) is 11.8 Å². The molecule has 2 aromatic rings. The van der Waals surface area contributed by atoms with Crippen molar-refractivity contribution < 1.29 is 33.1 Å². The molecule has 1 aromatic heterocycles. The van der Waals surface area contributed by atoms with E-state index in [0.29, 0.717) is 11.3 Å². The SMILES string of the molecule is COC(=O)c1ccc(NC(=O)COC(=O)[C@@H](NC(=O)c2ccco2)C(C)C)cc1. The van der Waals surface area contributed by atoms with Gasteiger partial charge in [0.2, 0.25) is 0 Å². The molecule has 1 aromatic carbocycles. The van der Waals surface area contributed by atoms with E-state index < -0.39 is 36.4 Å². The van der Waals surface area contributed by atoms with E-state index in [9.17, 15) is 19.2 Å². The summed E-state index contributed by atoms with van der Waals surface area (Å²) < 4.78 is 14.6. The maximum absolute atomic E-state index is 12.3. The Labute approximate surface area is 167 Å². The molecule has 0 aliphatic heterocycles. The number of anilines is 1. The highest BCUT2D eigenvalue weighted by Gasteiger charge is 2.27. The van der Waals surface area contributed by atoms with Crippen LogP contribution in [0.2, 0.25) is 0 Å². The average molecular weight is 402 g/mol. The van der Waals surface area contributed by atoms with E-state index >= 15 is 0 Å². The summed E-state index contributed by atoms with van der Waals surface area (Å²) in [5, 5.41) is 5.07. The molecule has 9 heteroatoms. The summed E-state index contributed by atoms with van der Waals surface area (Å²) in [6.45, 7) is 2.94. The zero-order chi connectivity index (χ0) is 21.4. The number of rotatable bonds is 8. The van der Waals surface area contributed by atoms with Gasteiger partial charge in [-0.1, -0.05) is 13.8 Å². The Morgan fingerprint density at radius 1 is 1.07 bits per heavy atom. The number of carbonyl (C=O) groups is 4. The van der Waals surface area contributed by atoms with Crippen LogP contribution in [0.25, 0.3) is 0 Å². The van der Waals surface area contributed by atoms with Gasteiger partial charge in [0.15, 0.2) is 12.4 Å². The predicted octanol–water partition coefficient (Wildman–Crippen LogP) is 2.00. The Morgan fingerprint density at radius 3 is 2.31 bits per heavy atom. The van der Waals surface area contributed by atoms with Gasteiger partial charge >= 0.3 is 11.9 Å². The highest BCUT2D eigenvalue weighted by atomic mass is 16.5. The van der Waals surface area contributed by atoms with Gasteiger partial charge < -0.3 is 24.5 Å². The van der Waals surface area contributed by atoms with Crippen LogP contribution < -0.4 is 10.6 Å². The average Bonchev–Trinajstić information content (AvgIpc) is 3.24. The first-order chi connectivity index (χ1) is 13.8. The predicted molar refractivity (Wildman–Crippen MR) is 102 cm³/mol. The largest absolute Gasteiger partial charge is 0.465 e. The van der Waals surface area contributed by atoms with Gasteiger partial charge in [-0.2, -0.15) is 0 Å². The normalized spacial score (nSPS) is 11.4. The maximum atomic E-state index is 12.3. The molecule has 2 N–H and O–H groups in total. The van der Waals surface area contributed by atoms with Crippen molar-refractivity contribution in [2.24, 2.45) is 5.92 Å². The van der Waals surface area contributed by atoms with E-state index in [0.717, 1.165) is 0 Å². The Hall–Kier alpha value is -3.62. The summed E-state index contributed by atoms with van der Waals surface area (Å²) >= 11 is 0. The first-order valence-electron chi connectivity index (χ1n) is 8.81. The number of carbonyl (C=O) groups excluding carboxylic acids is 4. The van der Waals surface area contributed by atoms with Gasteiger partial charge in [-0.15, -0.1) is 0 Å². The second kappa shape index (κ2) is 10.1. The highest BCUT2D eigenvalue weighted by molar-refractivity contribution is 5.96. The smallest absolute Gasteiger partial charge is 0.337 e. The van der Waals surface area contributed by atoms with Crippen molar-refractivity contribution in [3.63, 3.8) is 0 Å². The molecule has 1 atom stereocenters. The lowest BCUT2D eigenvalue weighted by molar-refractivity contribution is -0.150. The summed E-state index contributed by atoms with van der Waals surface area (Å²) in [6, 6.07) is 8.11. The zero-order valence-corrected chi connectivity index (χ0v) is 16.3. The van der Waals surface area contributed by atoms with Crippen LogP contribution in [0.5, 0.6) is 0 Å². The van der Waals surface area contributed by atoms with Crippen molar-refractivity contribution in [1.82, 2.24) is 5.32 Å². The minimum atomic E-state index is -0.945. The maximum Gasteiger partial charge on any atom is 0.337 e. The summed E-state index contributed by atoms with van der Waals surface area (Å²) in [7, 11) is 1.27. The number of ether oxygens (including phenoxy) is 2. The van der Waals surface area contributed by atoms with E-state index in [-0.39, 0.29) is 11.7 Å². The van der Waals surface area contributed by atoms with Crippen LogP contribution in [0, 0.1) is 5.92 Å². The van der Waals surface area contributed by atoms with Gasteiger partial charge in [-0.3, -0.25) is 9.59 Å². The molecule has 2 amide bonds.